The Morgan fingerprint density at radius 2 is 2.07 bits per heavy atom. The summed E-state index contributed by atoms with van der Waals surface area (Å²) in [5.41, 5.74) is 5.32. The number of nitrogens with one attached hydrogen (secondary N) is 3. The number of amidine groups is 1. The van der Waals surface area contributed by atoms with Crippen LogP contribution in [0.2, 0.25) is 0 Å². The number of carbonyl (C=O) groups is 1. The molecule has 2 aromatic carbocycles. The van der Waals surface area contributed by atoms with Gasteiger partial charge in [0.05, 0.1) is 11.7 Å². The highest BCUT2D eigenvalue weighted by atomic mass is 19.1. The van der Waals surface area contributed by atoms with E-state index >= 15 is 0 Å². The molecule has 0 bridgehead atoms. The summed E-state index contributed by atoms with van der Waals surface area (Å²) < 4.78 is 20.4. The quantitative estimate of drug-likeness (QED) is 0.757. The minimum atomic E-state index is -0.410. The first-order valence-electron chi connectivity index (χ1n) is 9.30. The molecule has 3 aliphatic rings. The zero-order valence-corrected chi connectivity index (χ0v) is 15.3. The number of benzene rings is 2. The van der Waals surface area contributed by atoms with E-state index in [4.69, 9.17) is 4.74 Å². The van der Waals surface area contributed by atoms with Crippen LogP contribution in [0.15, 0.2) is 41.5 Å². The summed E-state index contributed by atoms with van der Waals surface area (Å²) >= 11 is 0. The van der Waals surface area contributed by atoms with E-state index in [0.717, 1.165) is 30.0 Å². The highest BCUT2D eigenvalue weighted by Gasteiger charge is 2.36. The summed E-state index contributed by atoms with van der Waals surface area (Å²) in [4.78, 5) is 14.0. The van der Waals surface area contributed by atoms with Gasteiger partial charge in [0.2, 0.25) is 0 Å². The maximum absolute atomic E-state index is 14.5. The number of halogens is 1. The van der Waals surface area contributed by atoms with Gasteiger partial charge in [0, 0.05) is 29.9 Å². The summed E-state index contributed by atoms with van der Waals surface area (Å²) in [5, 5.41) is 10.8. The molecule has 5 rings (SSSR count). The molecule has 0 radical (unpaired) electrons. The monoisotopic (exact) mass is 381 g/mol. The number of hydrazone groups is 1. The molecule has 7 nitrogen and oxygen atoms in total. The Bertz CT molecular complexity index is 989. The number of ether oxygens (including phenoxy) is 1. The van der Waals surface area contributed by atoms with Crippen molar-refractivity contribution in [2.75, 3.05) is 29.9 Å². The number of fused-ring (bicyclic) bond motifs is 3. The summed E-state index contributed by atoms with van der Waals surface area (Å²) in [5.74, 6) is 0.791. The van der Waals surface area contributed by atoms with E-state index in [2.05, 4.69) is 21.2 Å². The van der Waals surface area contributed by atoms with Crippen molar-refractivity contribution in [1.82, 2.24) is 10.7 Å². The molecule has 1 fully saturated rings. The van der Waals surface area contributed by atoms with Gasteiger partial charge in [0.15, 0.2) is 5.84 Å². The predicted octanol–water partition coefficient (Wildman–Crippen LogP) is 1.91. The van der Waals surface area contributed by atoms with E-state index in [1.807, 2.05) is 30.0 Å². The van der Waals surface area contributed by atoms with Gasteiger partial charge >= 0.3 is 0 Å². The van der Waals surface area contributed by atoms with E-state index in [1.54, 1.807) is 12.1 Å². The molecule has 0 spiro atoms. The third kappa shape index (κ3) is 2.68. The molecule has 144 valence electrons. The topological polar surface area (TPSA) is 78.0 Å². The first-order chi connectivity index (χ1) is 13.6. The van der Waals surface area contributed by atoms with Crippen LogP contribution in [0.25, 0.3) is 11.1 Å². The third-order valence-electron chi connectivity index (χ3n) is 5.36. The summed E-state index contributed by atoms with van der Waals surface area (Å²) in [6, 6.07) is 10.3. The predicted molar refractivity (Wildman–Crippen MR) is 105 cm³/mol. The molecule has 3 aliphatic heterocycles. The lowest BCUT2D eigenvalue weighted by molar-refractivity contribution is -0.122. The van der Waals surface area contributed by atoms with Gasteiger partial charge in [-0.05, 0) is 25.1 Å². The second-order valence-electron chi connectivity index (χ2n) is 7.18. The summed E-state index contributed by atoms with van der Waals surface area (Å²) in [6.07, 6.45) is 0. The van der Waals surface area contributed by atoms with E-state index in [1.165, 1.54) is 6.07 Å². The molecular weight excluding hydrogens is 361 g/mol. The molecule has 1 amide bonds. The molecule has 1 saturated heterocycles. The molecule has 0 aliphatic carbocycles. The Morgan fingerprint density at radius 3 is 2.82 bits per heavy atom. The van der Waals surface area contributed by atoms with Crippen LogP contribution in [0.5, 0.6) is 5.75 Å². The van der Waals surface area contributed by atoms with Crippen LogP contribution in [-0.2, 0) is 4.79 Å². The van der Waals surface area contributed by atoms with Gasteiger partial charge in [-0.25, -0.2) is 9.82 Å². The van der Waals surface area contributed by atoms with Crippen molar-refractivity contribution < 1.29 is 13.9 Å². The van der Waals surface area contributed by atoms with Gasteiger partial charge in [0.25, 0.3) is 5.91 Å². The van der Waals surface area contributed by atoms with Crippen LogP contribution in [0.4, 0.5) is 15.8 Å². The van der Waals surface area contributed by atoms with E-state index in [9.17, 15) is 9.18 Å². The summed E-state index contributed by atoms with van der Waals surface area (Å²) in [6.45, 7) is 3.76. The van der Waals surface area contributed by atoms with Crippen LogP contribution in [-0.4, -0.2) is 43.5 Å². The molecule has 8 heteroatoms. The fraction of sp³-hybridized carbons (Fsp3) is 0.300. The van der Waals surface area contributed by atoms with Gasteiger partial charge in [-0.3, -0.25) is 4.79 Å². The Balaban J connectivity index is 1.65. The van der Waals surface area contributed by atoms with Crippen LogP contribution < -0.4 is 25.7 Å². The van der Waals surface area contributed by atoms with Crippen molar-refractivity contribution in [3.63, 3.8) is 0 Å². The fourth-order valence-electron chi connectivity index (χ4n) is 3.70. The number of rotatable bonds is 3. The lowest BCUT2D eigenvalue weighted by Gasteiger charge is -2.39. The van der Waals surface area contributed by atoms with Crippen molar-refractivity contribution in [2.45, 2.75) is 19.0 Å². The number of carbonyl (C=O) groups excluding carboxylic acids is 1. The van der Waals surface area contributed by atoms with Crippen molar-refractivity contribution in [2.24, 2.45) is 5.10 Å². The molecule has 3 heterocycles. The highest BCUT2D eigenvalue weighted by molar-refractivity contribution is 6.10. The number of nitrogens with zero attached hydrogens (tertiary/aromatic N) is 2. The average molecular weight is 381 g/mol. The maximum Gasteiger partial charge on any atom is 0.262 e. The Morgan fingerprint density at radius 1 is 1.25 bits per heavy atom. The van der Waals surface area contributed by atoms with Crippen LogP contribution >= 0.6 is 0 Å². The number of amides is 1. The molecule has 28 heavy (non-hydrogen) atoms. The van der Waals surface area contributed by atoms with Crippen molar-refractivity contribution in [1.29, 1.82) is 0 Å². The zero-order valence-electron chi connectivity index (χ0n) is 15.3. The lowest BCUT2D eigenvalue weighted by atomic mass is 9.99. The lowest BCUT2D eigenvalue weighted by Crippen LogP contribution is -2.55. The van der Waals surface area contributed by atoms with E-state index < -0.39 is 6.04 Å². The maximum atomic E-state index is 14.5. The molecule has 0 unspecified atom stereocenters. The zero-order chi connectivity index (χ0) is 19.3. The van der Waals surface area contributed by atoms with E-state index in [0.29, 0.717) is 17.1 Å². The van der Waals surface area contributed by atoms with Crippen molar-refractivity contribution >= 4 is 23.1 Å². The fourth-order valence-corrected chi connectivity index (χ4v) is 3.70. The van der Waals surface area contributed by atoms with Gasteiger partial charge in [-0.15, -0.1) is 0 Å². The van der Waals surface area contributed by atoms with Crippen LogP contribution in [0, 0.1) is 5.82 Å². The Hall–Kier alpha value is -3.13. The van der Waals surface area contributed by atoms with Crippen molar-refractivity contribution in [3.8, 4) is 16.9 Å². The SMILES string of the molecule is C[C@H]1C(=O)NN=C2COc3cc(-c4ccccc4F)c(NC4CNC4)cc3N21. The highest BCUT2D eigenvalue weighted by Crippen LogP contribution is 2.43. The molecule has 0 saturated carbocycles. The molecule has 2 aromatic rings. The van der Waals surface area contributed by atoms with E-state index in [-0.39, 0.29) is 24.4 Å². The minimum Gasteiger partial charge on any atom is -0.483 e. The molecule has 0 aromatic heterocycles. The minimum absolute atomic E-state index is 0.174. The van der Waals surface area contributed by atoms with Crippen molar-refractivity contribution in [3.05, 3.63) is 42.2 Å². The number of hydrogen-bond acceptors (Lipinski definition) is 6. The smallest absolute Gasteiger partial charge is 0.262 e. The first kappa shape index (κ1) is 17.0. The third-order valence-corrected chi connectivity index (χ3v) is 5.36. The standard InChI is InChI=1S/C20H20FN5O2/c1-11-20(27)25-24-19-10-28-18-6-14(13-4-2-3-5-15(13)21)16(7-17(18)26(11)19)23-12-8-22-9-12/h2-7,11-12,22-23H,8-10H2,1H3,(H,25,27)/t11-/m0/s1. The normalized spacial score (nSPS) is 20.9. The first-order valence-corrected chi connectivity index (χ1v) is 9.30. The average Bonchev–Trinajstić information content (AvgIpc) is 2.67. The van der Waals surface area contributed by atoms with Gasteiger partial charge in [-0.2, -0.15) is 5.10 Å². The summed E-state index contributed by atoms with van der Waals surface area (Å²) in [7, 11) is 0. The number of hydrogen-bond donors (Lipinski definition) is 3. The molecule has 3 N–H and O–H groups in total. The Labute approximate surface area is 161 Å². The largest absolute Gasteiger partial charge is 0.483 e. The molecule has 1 atom stereocenters. The second kappa shape index (κ2) is 6.49. The second-order valence-corrected chi connectivity index (χ2v) is 7.18. The van der Waals surface area contributed by atoms with Gasteiger partial charge < -0.3 is 20.3 Å². The Kier molecular flexibility index (Phi) is 3.94. The number of anilines is 2. The van der Waals surface area contributed by atoms with Gasteiger partial charge in [0.1, 0.15) is 24.2 Å². The molecular formula is C20H20FN5O2. The van der Waals surface area contributed by atoms with Crippen LogP contribution in [0.1, 0.15) is 6.92 Å². The van der Waals surface area contributed by atoms with Crippen LogP contribution in [0.3, 0.4) is 0 Å². The van der Waals surface area contributed by atoms with Gasteiger partial charge in [-0.1, -0.05) is 18.2 Å².